The normalized spacial score (nSPS) is 12.9. The van der Waals surface area contributed by atoms with Crippen molar-refractivity contribution in [3.63, 3.8) is 0 Å². The Kier molecular flexibility index (Phi) is 10.4. The molecule has 3 aromatic heterocycles. The molecule has 5 aromatic rings. The van der Waals surface area contributed by atoms with Gasteiger partial charge in [0.05, 0.1) is 29.4 Å². The van der Waals surface area contributed by atoms with Gasteiger partial charge in [-0.25, -0.2) is 4.39 Å². The summed E-state index contributed by atoms with van der Waals surface area (Å²) in [5.41, 5.74) is 13.4. The molecule has 0 bridgehead atoms. The topological polar surface area (TPSA) is 206 Å². The van der Waals surface area contributed by atoms with Crippen LogP contribution in [0.1, 0.15) is 36.3 Å². The number of aryl methyl sites for hydroxylation is 1. The fourth-order valence-electron chi connectivity index (χ4n) is 5.06. The Balaban J connectivity index is 0.00000250. The number of nitrogen functional groups attached to an aromatic ring is 1. The van der Waals surface area contributed by atoms with Gasteiger partial charge in [0.25, 0.3) is 5.56 Å². The summed E-state index contributed by atoms with van der Waals surface area (Å²) in [5, 5.41) is 16.5. The molecular formula is C30H30Cl2FN9O5. The van der Waals surface area contributed by atoms with Gasteiger partial charge in [-0.2, -0.15) is 20.1 Å². The second-order valence-corrected chi connectivity index (χ2v) is 10.7. The van der Waals surface area contributed by atoms with Crippen LogP contribution in [0.25, 0.3) is 27.8 Å². The lowest BCUT2D eigenvalue weighted by Gasteiger charge is -2.18. The first-order chi connectivity index (χ1) is 21.6. The Bertz CT molecular complexity index is 2030. The maximum absolute atomic E-state index is 15.4. The average molecular weight is 687 g/mol. The lowest BCUT2D eigenvalue weighted by molar-refractivity contribution is -0.150. The van der Waals surface area contributed by atoms with Gasteiger partial charge in [-0.05, 0) is 47.9 Å². The van der Waals surface area contributed by atoms with Crippen LogP contribution >= 0.6 is 24.8 Å². The van der Waals surface area contributed by atoms with Gasteiger partial charge in [-0.1, -0.05) is 18.2 Å². The summed E-state index contributed by atoms with van der Waals surface area (Å²) in [7, 11) is 1.74. The number of nitrogens with zero attached hydrogens (tertiary/aromatic N) is 6. The van der Waals surface area contributed by atoms with Crippen molar-refractivity contribution < 1.29 is 23.8 Å². The molecule has 1 aliphatic carbocycles. The maximum Gasteiger partial charge on any atom is 0.323 e. The van der Waals surface area contributed by atoms with Crippen LogP contribution in [-0.4, -0.2) is 52.4 Å². The van der Waals surface area contributed by atoms with Crippen molar-refractivity contribution in [2.24, 2.45) is 12.8 Å². The summed E-state index contributed by atoms with van der Waals surface area (Å²) >= 11 is 0. The smallest absolute Gasteiger partial charge is 0.323 e. The summed E-state index contributed by atoms with van der Waals surface area (Å²) < 4.78 is 23.6. The number of rotatable bonds is 10. The molecule has 0 aliphatic heterocycles. The predicted molar refractivity (Wildman–Crippen MR) is 176 cm³/mol. The number of halogens is 3. The minimum Gasteiger partial charge on any atom is -0.481 e. The van der Waals surface area contributed by atoms with Crippen LogP contribution in [0.3, 0.4) is 0 Å². The summed E-state index contributed by atoms with van der Waals surface area (Å²) in [6, 6.07) is 8.29. The highest BCUT2D eigenvalue weighted by molar-refractivity contribution is 5.86. The van der Waals surface area contributed by atoms with E-state index in [0.29, 0.717) is 22.6 Å². The Morgan fingerprint density at radius 1 is 1.17 bits per heavy atom. The van der Waals surface area contributed by atoms with Gasteiger partial charge >= 0.3 is 11.9 Å². The van der Waals surface area contributed by atoms with Crippen LogP contribution in [0.15, 0.2) is 59.8 Å². The quantitative estimate of drug-likeness (QED) is 0.156. The second-order valence-electron chi connectivity index (χ2n) is 10.7. The molecule has 47 heavy (non-hydrogen) atoms. The van der Waals surface area contributed by atoms with E-state index in [9.17, 15) is 14.4 Å². The Morgan fingerprint density at radius 3 is 2.62 bits per heavy atom. The zero-order chi connectivity index (χ0) is 31.8. The highest BCUT2D eigenvalue weighted by Crippen LogP contribution is 2.41. The van der Waals surface area contributed by atoms with E-state index < -0.39 is 42.4 Å². The van der Waals surface area contributed by atoms with Gasteiger partial charge < -0.3 is 26.6 Å². The van der Waals surface area contributed by atoms with Crippen LogP contribution in [0.2, 0.25) is 0 Å². The molecule has 0 saturated heterocycles. The first-order valence-corrected chi connectivity index (χ1v) is 14.0. The molecule has 246 valence electrons. The molecule has 0 amide bonds. The third-order valence-electron chi connectivity index (χ3n) is 7.35. The van der Waals surface area contributed by atoms with E-state index in [1.165, 1.54) is 16.8 Å². The van der Waals surface area contributed by atoms with Crippen molar-refractivity contribution in [3.05, 3.63) is 82.3 Å². The minimum absolute atomic E-state index is 0. The van der Waals surface area contributed by atoms with Crippen molar-refractivity contribution in [1.29, 1.82) is 0 Å². The average Bonchev–Trinajstić information content (AvgIpc) is 3.76. The first-order valence-electron chi connectivity index (χ1n) is 14.0. The molecule has 17 heteroatoms. The lowest BCUT2D eigenvalue weighted by atomic mass is 10.0. The monoisotopic (exact) mass is 685 g/mol. The molecule has 1 aliphatic rings. The molecule has 6 N–H and O–H groups in total. The van der Waals surface area contributed by atoms with Crippen LogP contribution in [-0.2, 0) is 28.0 Å². The molecule has 1 atom stereocenters. The number of aromatic nitrogens is 6. The molecular weight excluding hydrogens is 656 g/mol. The number of benzene rings is 2. The molecule has 2 aromatic carbocycles. The molecule has 0 spiro atoms. The fraction of sp³-hybridized carbons (Fsp3) is 0.233. The van der Waals surface area contributed by atoms with Gasteiger partial charge in [0, 0.05) is 30.6 Å². The van der Waals surface area contributed by atoms with Gasteiger partial charge in [0.2, 0.25) is 11.9 Å². The third kappa shape index (κ3) is 7.48. The molecule has 3 heterocycles. The highest BCUT2D eigenvalue weighted by atomic mass is 35.5. The summed E-state index contributed by atoms with van der Waals surface area (Å²) in [4.78, 5) is 50.4. The fourth-order valence-corrected chi connectivity index (χ4v) is 5.06. The Morgan fingerprint density at radius 2 is 1.94 bits per heavy atom. The molecule has 14 nitrogen and oxygen atoms in total. The third-order valence-corrected chi connectivity index (χ3v) is 7.35. The summed E-state index contributed by atoms with van der Waals surface area (Å²) in [6.45, 7) is -0.456. The van der Waals surface area contributed by atoms with E-state index in [-0.39, 0.29) is 59.2 Å². The van der Waals surface area contributed by atoms with Crippen molar-refractivity contribution in [1.82, 2.24) is 29.3 Å². The molecule has 1 fully saturated rings. The van der Waals surface area contributed by atoms with E-state index in [2.05, 4.69) is 25.4 Å². The molecule has 1 unspecified atom stereocenters. The van der Waals surface area contributed by atoms with Gasteiger partial charge in [-0.15, -0.1) is 24.8 Å². The maximum atomic E-state index is 15.4. The number of nitrogens with two attached hydrogens (primary N) is 2. The largest absolute Gasteiger partial charge is 0.481 e. The number of carboxylic acids is 1. The van der Waals surface area contributed by atoms with Crippen LogP contribution < -0.4 is 22.3 Å². The molecule has 6 rings (SSSR count). The number of fused-ring (bicyclic) bond motifs is 1. The number of hydrogen-bond acceptors (Lipinski definition) is 11. The Labute approximate surface area is 278 Å². The standard InChI is InChI=1S/C30H28FN9O5.2ClH/c1-39-13-18(12-34-39)35-30-37-26(36-29(33)38-30)19-3-2-4-23(20(19)14-45-28(44)22(32)11-24(41)42)40-8-7-16-9-17(15-5-6-15)10-21(31)25(16)27(40)43;;/h2-4,7-10,12-13,15,22H,5-6,11,14,32H2,1H3,(H,41,42)(H3,33,35,36,37,38);2*1H. The number of esters is 1. The number of aliphatic carboxylic acids is 1. The van der Waals surface area contributed by atoms with E-state index in [0.717, 1.165) is 18.4 Å². The number of nitrogens with one attached hydrogen (secondary N) is 1. The SMILES string of the molecule is Cl.Cl.Cn1cc(Nc2nc(N)nc(-c3cccc(-n4ccc5cc(C6CC6)cc(F)c5c4=O)c3COC(=O)C(N)CC(=O)O)n2)cn1. The molecule has 0 radical (unpaired) electrons. The zero-order valence-corrected chi connectivity index (χ0v) is 26.4. The van der Waals surface area contributed by atoms with E-state index in [4.69, 9.17) is 21.3 Å². The predicted octanol–water partition coefficient (Wildman–Crippen LogP) is 3.61. The van der Waals surface area contributed by atoms with Crippen molar-refractivity contribution in [2.45, 2.75) is 37.8 Å². The number of pyridine rings is 1. The van der Waals surface area contributed by atoms with Crippen molar-refractivity contribution >= 4 is 65.1 Å². The van der Waals surface area contributed by atoms with Crippen LogP contribution in [0.4, 0.5) is 22.0 Å². The minimum atomic E-state index is -1.43. The van der Waals surface area contributed by atoms with Crippen molar-refractivity contribution in [2.75, 3.05) is 11.1 Å². The van der Waals surface area contributed by atoms with Gasteiger partial charge in [-0.3, -0.25) is 23.6 Å². The number of anilines is 3. The second kappa shape index (κ2) is 14.1. The number of ether oxygens (including phenoxy) is 1. The number of carbonyl (C=O) groups excluding carboxylic acids is 1. The van der Waals surface area contributed by atoms with E-state index in [1.807, 2.05) is 6.07 Å². The number of carbonyl (C=O) groups is 2. The van der Waals surface area contributed by atoms with Crippen LogP contribution in [0, 0.1) is 5.82 Å². The first kappa shape index (κ1) is 34.7. The lowest BCUT2D eigenvalue weighted by Crippen LogP contribution is -2.34. The zero-order valence-electron chi connectivity index (χ0n) is 24.8. The Hall–Kier alpha value is -5.12. The van der Waals surface area contributed by atoms with Crippen molar-refractivity contribution in [3.8, 4) is 17.1 Å². The van der Waals surface area contributed by atoms with E-state index >= 15 is 4.39 Å². The van der Waals surface area contributed by atoms with E-state index in [1.54, 1.807) is 48.4 Å². The van der Waals surface area contributed by atoms with Crippen LogP contribution in [0.5, 0.6) is 0 Å². The summed E-state index contributed by atoms with van der Waals surface area (Å²) in [6.07, 6.45) is 6.09. The summed E-state index contributed by atoms with van der Waals surface area (Å²) in [5.74, 6) is -2.54. The number of hydrogen-bond donors (Lipinski definition) is 4. The number of carboxylic acid groups (broad SMARTS) is 1. The highest BCUT2D eigenvalue weighted by Gasteiger charge is 2.26. The van der Waals surface area contributed by atoms with Gasteiger partial charge in [0.1, 0.15) is 18.5 Å². The van der Waals surface area contributed by atoms with Gasteiger partial charge in [0.15, 0.2) is 5.82 Å². The molecule has 1 saturated carbocycles.